The van der Waals surface area contributed by atoms with Crippen LogP contribution in [-0.4, -0.2) is 17.7 Å². The Morgan fingerprint density at radius 3 is 2.00 bits per heavy atom. The van der Waals surface area contributed by atoms with Crippen LogP contribution in [0.4, 0.5) is 5.69 Å². The van der Waals surface area contributed by atoms with E-state index in [2.05, 4.69) is 120 Å². The fourth-order valence-electron chi connectivity index (χ4n) is 4.81. The molecule has 4 aromatic rings. The molecule has 1 aliphatic rings. The quantitative estimate of drug-likeness (QED) is 0.313. The summed E-state index contributed by atoms with van der Waals surface area (Å²) < 4.78 is 2.46. The molecule has 32 heavy (non-hydrogen) atoms. The molecule has 0 spiro atoms. The highest BCUT2D eigenvalue weighted by Gasteiger charge is 2.11. The van der Waals surface area contributed by atoms with E-state index in [1.807, 2.05) is 0 Å². The van der Waals surface area contributed by atoms with Gasteiger partial charge < -0.3 is 9.47 Å². The number of allylic oxidation sites excluding steroid dienone is 6. The van der Waals surface area contributed by atoms with E-state index in [1.54, 1.807) is 0 Å². The fourth-order valence-corrected chi connectivity index (χ4v) is 4.81. The standard InChI is InChI=1S/C30H30N2/c1-3-31(4-2)26-20-18-25(19-21-26)24-11-9-10-23(16-17-24)22-32-29-14-7-5-12-27(29)28-13-6-8-15-30(28)32/h5-9,11-21H,3-4,10,22H2,1-2H3. The molecule has 5 rings (SSSR count). The number of benzene rings is 3. The molecule has 0 N–H and O–H groups in total. The summed E-state index contributed by atoms with van der Waals surface area (Å²) >= 11 is 0. The van der Waals surface area contributed by atoms with Gasteiger partial charge in [0.15, 0.2) is 0 Å². The Bertz CT molecular complexity index is 1280. The molecule has 1 aliphatic carbocycles. The van der Waals surface area contributed by atoms with Crippen molar-refractivity contribution in [3.63, 3.8) is 0 Å². The Morgan fingerprint density at radius 1 is 0.750 bits per heavy atom. The zero-order chi connectivity index (χ0) is 21.9. The third-order valence-electron chi connectivity index (χ3n) is 6.55. The van der Waals surface area contributed by atoms with Crippen LogP contribution in [0.25, 0.3) is 27.4 Å². The topological polar surface area (TPSA) is 8.17 Å². The van der Waals surface area contributed by atoms with E-state index < -0.39 is 0 Å². The van der Waals surface area contributed by atoms with Crippen LogP contribution in [0, 0.1) is 0 Å². The van der Waals surface area contributed by atoms with Gasteiger partial charge in [0.2, 0.25) is 0 Å². The number of nitrogens with zero attached hydrogens (tertiary/aromatic N) is 2. The van der Waals surface area contributed by atoms with Crippen LogP contribution in [0.5, 0.6) is 0 Å². The highest BCUT2D eigenvalue weighted by atomic mass is 15.1. The monoisotopic (exact) mass is 418 g/mol. The summed E-state index contributed by atoms with van der Waals surface area (Å²) in [5, 5.41) is 2.66. The van der Waals surface area contributed by atoms with Gasteiger partial charge in [0.25, 0.3) is 0 Å². The summed E-state index contributed by atoms with van der Waals surface area (Å²) in [5.41, 5.74) is 7.86. The van der Waals surface area contributed by atoms with E-state index in [4.69, 9.17) is 0 Å². The first-order chi connectivity index (χ1) is 15.8. The van der Waals surface area contributed by atoms with Crippen molar-refractivity contribution >= 4 is 33.1 Å². The highest BCUT2D eigenvalue weighted by molar-refractivity contribution is 6.08. The lowest BCUT2D eigenvalue weighted by Crippen LogP contribution is -2.21. The first-order valence-corrected chi connectivity index (χ1v) is 11.7. The molecule has 2 heteroatoms. The number of para-hydroxylation sites is 2. The minimum atomic E-state index is 0.906. The molecule has 160 valence electrons. The van der Waals surface area contributed by atoms with Crippen molar-refractivity contribution in [2.75, 3.05) is 18.0 Å². The van der Waals surface area contributed by atoms with Crippen molar-refractivity contribution in [1.82, 2.24) is 4.57 Å². The number of hydrogen-bond acceptors (Lipinski definition) is 1. The smallest absolute Gasteiger partial charge is 0.0494 e. The molecular formula is C30H30N2. The Balaban J connectivity index is 1.45. The maximum absolute atomic E-state index is 2.46. The first kappa shape index (κ1) is 20.4. The van der Waals surface area contributed by atoms with Gasteiger partial charge in [0.05, 0.1) is 0 Å². The Kier molecular flexibility index (Phi) is 5.68. The van der Waals surface area contributed by atoms with Gasteiger partial charge in [0.1, 0.15) is 0 Å². The van der Waals surface area contributed by atoms with Crippen molar-refractivity contribution in [2.45, 2.75) is 26.8 Å². The van der Waals surface area contributed by atoms with E-state index >= 15 is 0 Å². The minimum Gasteiger partial charge on any atom is -0.372 e. The summed E-state index contributed by atoms with van der Waals surface area (Å²) in [6.45, 7) is 7.39. The number of rotatable bonds is 6. The van der Waals surface area contributed by atoms with E-state index in [9.17, 15) is 0 Å². The van der Waals surface area contributed by atoms with Crippen LogP contribution < -0.4 is 4.90 Å². The fraction of sp³-hybridized carbons (Fsp3) is 0.200. The molecule has 0 fully saturated rings. The zero-order valence-electron chi connectivity index (χ0n) is 19.0. The van der Waals surface area contributed by atoms with Gasteiger partial charge in [-0.15, -0.1) is 0 Å². The lowest BCUT2D eigenvalue weighted by molar-refractivity contribution is 0.828. The second-order valence-electron chi connectivity index (χ2n) is 8.39. The molecule has 0 saturated heterocycles. The van der Waals surface area contributed by atoms with E-state index in [1.165, 1.54) is 44.2 Å². The van der Waals surface area contributed by atoms with Crippen molar-refractivity contribution in [2.24, 2.45) is 0 Å². The lowest BCUT2D eigenvalue weighted by Gasteiger charge is -2.21. The maximum Gasteiger partial charge on any atom is 0.0494 e. The summed E-state index contributed by atoms with van der Waals surface area (Å²) in [5.74, 6) is 0. The molecular weight excluding hydrogens is 388 g/mol. The van der Waals surface area contributed by atoms with Gasteiger partial charge in [0, 0.05) is 47.1 Å². The highest BCUT2D eigenvalue weighted by Crippen LogP contribution is 2.30. The predicted molar refractivity (Wildman–Crippen MR) is 139 cm³/mol. The lowest BCUT2D eigenvalue weighted by atomic mass is 10.0. The third-order valence-corrected chi connectivity index (χ3v) is 6.55. The number of anilines is 1. The Labute approximate surface area is 190 Å². The van der Waals surface area contributed by atoms with Gasteiger partial charge in [-0.2, -0.15) is 0 Å². The van der Waals surface area contributed by atoms with Crippen molar-refractivity contribution in [1.29, 1.82) is 0 Å². The van der Waals surface area contributed by atoms with Crippen LogP contribution in [-0.2, 0) is 6.54 Å². The Hall–Kier alpha value is -3.52. The minimum absolute atomic E-state index is 0.906. The average Bonchev–Trinajstić information content (AvgIpc) is 2.98. The van der Waals surface area contributed by atoms with Crippen LogP contribution in [0.1, 0.15) is 25.8 Å². The largest absolute Gasteiger partial charge is 0.372 e. The van der Waals surface area contributed by atoms with Gasteiger partial charge in [-0.05, 0) is 61.2 Å². The first-order valence-electron chi connectivity index (χ1n) is 11.7. The zero-order valence-corrected chi connectivity index (χ0v) is 19.0. The van der Waals surface area contributed by atoms with Crippen LogP contribution >= 0.6 is 0 Å². The van der Waals surface area contributed by atoms with E-state index in [0.29, 0.717) is 0 Å². The molecule has 1 heterocycles. The molecule has 0 amide bonds. The number of hydrogen-bond donors (Lipinski definition) is 0. The molecule has 1 aromatic heterocycles. The third kappa shape index (κ3) is 3.78. The average molecular weight is 419 g/mol. The Morgan fingerprint density at radius 2 is 1.38 bits per heavy atom. The van der Waals surface area contributed by atoms with Crippen LogP contribution in [0.3, 0.4) is 0 Å². The van der Waals surface area contributed by atoms with Crippen LogP contribution in [0.15, 0.2) is 103 Å². The maximum atomic E-state index is 2.46. The molecule has 0 saturated carbocycles. The molecule has 3 aromatic carbocycles. The van der Waals surface area contributed by atoms with Gasteiger partial charge in [-0.3, -0.25) is 0 Å². The van der Waals surface area contributed by atoms with E-state index in [0.717, 1.165) is 26.1 Å². The predicted octanol–water partition coefficient (Wildman–Crippen LogP) is 7.61. The molecule has 0 atom stereocenters. The molecule has 0 unspecified atom stereocenters. The second-order valence-corrected chi connectivity index (χ2v) is 8.39. The summed E-state index contributed by atoms with van der Waals surface area (Å²) in [7, 11) is 0. The van der Waals surface area contributed by atoms with E-state index in [-0.39, 0.29) is 0 Å². The summed E-state index contributed by atoms with van der Waals surface area (Å²) in [6, 6.07) is 26.5. The number of aromatic nitrogens is 1. The van der Waals surface area contributed by atoms with Gasteiger partial charge in [-0.1, -0.05) is 72.8 Å². The van der Waals surface area contributed by atoms with Crippen LogP contribution in [0.2, 0.25) is 0 Å². The van der Waals surface area contributed by atoms with Gasteiger partial charge >= 0.3 is 0 Å². The number of fused-ring (bicyclic) bond motifs is 3. The SMILES string of the molecule is CCN(CC)c1ccc(C2=CC=C(Cn3c4ccccc4c4ccccc43)CC=C2)cc1. The molecule has 0 bridgehead atoms. The summed E-state index contributed by atoms with van der Waals surface area (Å²) in [4.78, 5) is 2.38. The molecule has 0 aliphatic heterocycles. The van der Waals surface area contributed by atoms with Crippen molar-refractivity contribution < 1.29 is 0 Å². The molecule has 2 nitrogen and oxygen atoms in total. The van der Waals surface area contributed by atoms with Gasteiger partial charge in [-0.25, -0.2) is 0 Å². The second kappa shape index (κ2) is 8.92. The molecule has 0 radical (unpaired) electrons. The van der Waals surface area contributed by atoms with Crippen molar-refractivity contribution in [3.05, 3.63) is 108 Å². The normalized spacial score (nSPS) is 13.8. The summed E-state index contributed by atoms with van der Waals surface area (Å²) in [6.07, 6.45) is 10.1. The van der Waals surface area contributed by atoms with Crippen molar-refractivity contribution in [3.8, 4) is 0 Å².